The molecule has 0 radical (unpaired) electrons. The van der Waals surface area contributed by atoms with Gasteiger partial charge in [-0.05, 0) is 54.6 Å². The number of rotatable bonds is 0. The maximum absolute atomic E-state index is 14.3. The van der Waals surface area contributed by atoms with Crippen LogP contribution in [0, 0.1) is 26.6 Å². The van der Waals surface area contributed by atoms with Gasteiger partial charge in [0.1, 0.15) is 17.5 Å². The fourth-order valence-electron chi connectivity index (χ4n) is 4.56. The van der Waals surface area contributed by atoms with Gasteiger partial charge in [-0.25, -0.2) is 9.37 Å². The van der Waals surface area contributed by atoms with E-state index in [1.807, 2.05) is 19.1 Å². The molecule has 6 rings (SSSR count). The first-order valence-electron chi connectivity index (χ1n) is 9.34. The molecule has 3 heterocycles. The number of pyridine rings is 1. The van der Waals surface area contributed by atoms with Gasteiger partial charge in [0.2, 0.25) is 0 Å². The second kappa shape index (κ2) is 5.10. The molecular formula is C24H17FN2O. The maximum atomic E-state index is 14.3. The van der Waals surface area contributed by atoms with Crippen molar-refractivity contribution in [2.45, 2.75) is 20.8 Å². The van der Waals surface area contributed by atoms with Crippen molar-refractivity contribution < 1.29 is 8.81 Å². The van der Waals surface area contributed by atoms with Crippen LogP contribution in [0.4, 0.5) is 4.39 Å². The molecule has 6 aromatic rings. The van der Waals surface area contributed by atoms with E-state index in [0.717, 1.165) is 38.7 Å². The third-order valence-corrected chi connectivity index (χ3v) is 6.05. The van der Waals surface area contributed by atoms with Crippen LogP contribution in [0.2, 0.25) is 0 Å². The Bertz CT molecular complexity index is 1600. The minimum Gasteiger partial charge on any atom is -0.461 e. The van der Waals surface area contributed by atoms with Crippen molar-refractivity contribution in [3.63, 3.8) is 0 Å². The second-order valence-corrected chi connectivity index (χ2v) is 7.54. The molecular weight excluding hydrogens is 351 g/mol. The van der Waals surface area contributed by atoms with E-state index in [0.29, 0.717) is 11.0 Å². The fourth-order valence-corrected chi connectivity index (χ4v) is 4.56. The van der Waals surface area contributed by atoms with Gasteiger partial charge in [-0.2, -0.15) is 0 Å². The Morgan fingerprint density at radius 1 is 0.929 bits per heavy atom. The molecule has 0 amide bonds. The number of aromatic nitrogens is 2. The lowest BCUT2D eigenvalue weighted by atomic mass is 9.95. The van der Waals surface area contributed by atoms with Gasteiger partial charge < -0.3 is 4.42 Å². The zero-order valence-corrected chi connectivity index (χ0v) is 15.8. The predicted molar refractivity (Wildman–Crippen MR) is 112 cm³/mol. The molecule has 3 aromatic heterocycles. The average Bonchev–Trinajstić information content (AvgIpc) is 3.21. The number of hydrogen-bond donors (Lipinski definition) is 0. The first-order chi connectivity index (χ1) is 13.5. The highest BCUT2D eigenvalue weighted by Gasteiger charge is 2.19. The first kappa shape index (κ1) is 15.6. The Morgan fingerprint density at radius 2 is 1.75 bits per heavy atom. The molecule has 0 N–H and O–H groups in total. The third kappa shape index (κ3) is 1.80. The van der Waals surface area contributed by atoms with Crippen LogP contribution in [0.25, 0.3) is 49.1 Å². The van der Waals surface area contributed by atoms with Crippen LogP contribution in [0.3, 0.4) is 0 Å². The molecule has 3 nitrogen and oxygen atoms in total. The smallest absolute Gasteiger partial charge is 0.169 e. The Kier molecular flexibility index (Phi) is 2.85. The van der Waals surface area contributed by atoms with Crippen LogP contribution in [-0.4, -0.2) is 9.38 Å². The molecule has 0 fully saturated rings. The second-order valence-electron chi connectivity index (χ2n) is 7.54. The number of benzene rings is 3. The highest BCUT2D eigenvalue weighted by molar-refractivity contribution is 6.20. The van der Waals surface area contributed by atoms with Crippen molar-refractivity contribution in [1.82, 2.24) is 9.38 Å². The number of nitrogens with zero attached hydrogens (tertiary/aromatic N) is 2. The average molecular weight is 368 g/mol. The van der Waals surface area contributed by atoms with Gasteiger partial charge >= 0.3 is 0 Å². The van der Waals surface area contributed by atoms with Crippen LogP contribution in [0.15, 0.2) is 53.1 Å². The molecule has 0 aliphatic rings. The van der Waals surface area contributed by atoms with E-state index in [2.05, 4.69) is 48.6 Å². The molecule has 136 valence electrons. The van der Waals surface area contributed by atoms with E-state index < -0.39 is 0 Å². The first-order valence-corrected chi connectivity index (χ1v) is 9.34. The van der Waals surface area contributed by atoms with Gasteiger partial charge in [0.05, 0.1) is 16.6 Å². The number of halogens is 1. The summed E-state index contributed by atoms with van der Waals surface area (Å²) in [5.41, 5.74) is 5.72. The Morgan fingerprint density at radius 3 is 2.61 bits per heavy atom. The van der Waals surface area contributed by atoms with E-state index in [4.69, 9.17) is 9.40 Å². The summed E-state index contributed by atoms with van der Waals surface area (Å²) in [6, 6.07) is 14.4. The van der Waals surface area contributed by atoms with Gasteiger partial charge in [0.15, 0.2) is 5.82 Å². The molecule has 0 saturated heterocycles. The maximum Gasteiger partial charge on any atom is 0.169 e. The van der Waals surface area contributed by atoms with Gasteiger partial charge in [-0.15, -0.1) is 0 Å². The summed E-state index contributed by atoms with van der Waals surface area (Å²) in [6.45, 7) is 6.24. The molecule has 0 atom stereocenters. The van der Waals surface area contributed by atoms with E-state index in [1.54, 1.807) is 0 Å². The van der Waals surface area contributed by atoms with Gasteiger partial charge in [-0.1, -0.05) is 24.3 Å². The number of furan rings is 1. The number of fused-ring (bicyclic) bond motifs is 8. The molecule has 0 spiro atoms. The van der Waals surface area contributed by atoms with Crippen molar-refractivity contribution in [2.75, 3.05) is 0 Å². The van der Waals surface area contributed by atoms with Crippen molar-refractivity contribution in [2.24, 2.45) is 0 Å². The minimum atomic E-state index is -0.331. The van der Waals surface area contributed by atoms with Crippen LogP contribution in [0.5, 0.6) is 0 Å². The van der Waals surface area contributed by atoms with E-state index in [9.17, 15) is 4.39 Å². The standard InChI is InChI=1S/C24H17FN2O/c1-12-16-7-5-4-6-15(16)8-19-23(12)18-9-17-20(25)11-28-22(17)10-21(18)27-14(3)13(2)26-24(19)27/h4-11H,1-3H3. The molecule has 0 aliphatic heterocycles. The van der Waals surface area contributed by atoms with Crippen LogP contribution in [0.1, 0.15) is 17.0 Å². The zero-order valence-electron chi connectivity index (χ0n) is 15.8. The van der Waals surface area contributed by atoms with E-state index >= 15 is 0 Å². The summed E-state index contributed by atoms with van der Waals surface area (Å²) >= 11 is 0. The SMILES string of the molecule is Cc1nc2c3cc4ccccc4c(C)c3c3cc4c(F)coc4cc3n2c1C. The molecule has 28 heavy (non-hydrogen) atoms. The molecule has 0 saturated carbocycles. The fraction of sp³-hybridized carbons (Fsp3) is 0.125. The van der Waals surface area contributed by atoms with Crippen molar-refractivity contribution in [3.8, 4) is 0 Å². The lowest BCUT2D eigenvalue weighted by Gasteiger charge is -2.14. The number of hydrogen-bond acceptors (Lipinski definition) is 2. The lowest BCUT2D eigenvalue weighted by Crippen LogP contribution is -1.95. The zero-order chi connectivity index (χ0) is 19.2. The molecule has 0 aliphatic carbocycles. The summed E-state index contributed by atoms with van der Waals surface area (Å²) in [5, 5.41) is 6.11. The summed E-state index contributed by atoms with van der Waals surface area (Å²) in [4.78, 5) is 4.88. The molecule has 3 aromatic carbocycles. The lowest BCUT2D eigenvalue weighted by molar-refractivity contribution is 0.558. The summed E-state index contributed by atoms with van der Waals surface area (Å²) in [6.07, 6.45) is 1.18. The number of imidazole rings is 1. The quantitative estimate of drug-likeness (QED) is 0.223. The normalized spacial score (nSPS) is 12.3. The summed E-state index contributed by atoms with van der Waals surface area (Å²) in [5.74, 6) is -0.331. The monoisotopic (exact) mass is 368 g/mol. The molecule has 0 bridgehead atoms. The van der Waals surface area contributed by atoms with Crippen molar-refractivity contribution >= 4 is 49.1 Å². The number of aryl methyl sites for hydroxylation is 3. The van der Waals surface area contributed by atoms with Gasteiger partial charge in [-0.3, -0.25) is 4.40 Å². The van der Waals surface area contributed by atoms with Crippen molar-refractivity contribution in [1.29, 1.82) is 0 Å². The van der Waals surface area contributed by atoms with Crippen LogP contribution < -0.4 is 0 Å². The van der Waals surface area contributed by atoms with Crippen LogP contribution >= 0.6 is 0 Å². The predicted octanol–water partition coefficient (Wildman–Crippen LogP) is 6.60. The summed E-state index contributed by atoms with van der Waals surface area (Å²) < 4.78 is 21.9. The summed E-state index contributed by atoms with van der Waals surface area (Å²) in [7, 11) is 0. The topological polar surface area (TPSA) is 30.4 Å². The van der Waals surface area contributed by atoms with E-state index in [-0.39, 0.29) is 5.82 Å². The Labute approximate surface area is 160 Å². The van der Waals surface area contributed by atoms with E-state index in [1.165, 1.54) is 22.6 Å². The highest BCUT2D eigenvalue weighted by atomic mass is 19.1. The third-order valence-electron chi connectivity index (χ3n) is 6.05. The Balaban J connectivity index is 2.03. The molecule has 4 heteroatoms. The van der Waals surface area contributed by atoms with Crippen LogP contribution in [-0.2, 0) is 0 Å². The highest BCUT2D eigenvalue weighted by Crippen LogP contribution is 2.38. The van der Waals surface area contributed by atoms with Crippen molar-refractivity contribution in [3.05, 3.63) is 71.5 Å². The van der Waals surface area contributed by atoms with Gasteiger partial charge in [0, 0.05) is 22.5 Å². The van der Waals surface area contributed by atoms with Gasteiger partial charge in [0.25, 0.3) is 0 Å². The molecule has 0 unspecified atom stereocenters. The minimum absolute atomic E-state index is 0.331. The largest absolute Gasteiger partial charge is 0.461 e. The Hall–Kier alpha value is -3.40.